The minimum atomic E-state index is -0.270. The lowest BCUT2D eigenvalue weighted by molar-refractivity contribution is -0.120. The van der Waals surface area contributed by atoms with Crippen LogP contribution >= 0.6 is 11.8 Å². The van der Waals surface area contributed by atoms with Crippen molar-refractivity contribution in [2.45, 2.75) is 24.0 Å². The molecule has 1 aromatic carbocycles. The van der Waals surface area contributed by atoms with Gasteiger partial charge in [-0.25, -0.2) is 0 Å². The third kappa shape index (κ3) is 4.14. The Morgan fingerprint density at radius 3 is 2.43 bits per heavy atom. The van der Waals surface area contributed by atoms with Gasteiger partial charge < -0.3 is 16.4 Å². The van der Waals surface area contributed by atoms with Crippen LogP contribution in [-0.4, -0.2) is 35.9 Å². The van der Waals surface area contributed by atoms with Crippen LogP contribution in [0.1, 0.15) is 29.6 Å². The number of hydrogen-bond acceptors (Lipinski definition) is 4. The van der Waals surface area contributed by atoms with E-state index in [0.29, 0.717) is 17.8 Å². The predicted molar refractivity (Wildman–Crippen MR) is 86.3 cm³/mol. The molecule has 1 aliphatic carbocycles. The van der Waals surface area contributed by atoms with Gasteiger partial charge in [0.2, 0.25) is 5.91 Å². The molecule has 6 heteroatoms. The van der Waals surface area contributed by atoms with Gasteiger partial charge in [0.15, 0.2) is 0 Å². The summed E-state index contributed by atoms with van der Waals surface area (Å²) in [5.41, 5.74) is 6.66. The second-order valence-electron chi connectivity index (χ2n) is 5.32. The second kappa shape index (κ2) is 6.85. The van der Waals surface area contributed by atoms with Gasteiger partial charge in [0.1, 0.15) is 0 Å². The lowest BCUT2D eigenvalue weighted by Gasteiger charge is -2.40. The standard InChI is InChI=1S/C15H21N3O2S/c1-21-15(7-2-8-15)10-18-13(19)9-17-14(20)11-3-5-12(16)6-4-11/h3-6H,2,7-10,16H2,1H3,(H,17,20)(H,18,19). The van der Waals surface area contributed by atoms with Gasteiger partial charge in [0.05, 0.1) is 6.54 Å². The highest BCUT2D eigenvalue weighted by Crippen LogP contribution is 2.42. The van der Waals surface area contributed by atoms with E-state index in [4.69, 9.17) is 5.73 Å². The monoisotopic (exact) mass is 307 g/mol. The number of carbonyl (C=O) groups excluding carboxylic acids is 2. The Hall–Kier alpha value is -1.69. The Kier molecular flexibility index (Phi) is 5.12. The normalized spacial score (nSPS) is 15.9. The molecule has 0 spiro atoms. The molecule has 21 heavy (non-hydrogen) atoms. The molecule has 0 bridgehead atoms. The van der Waals surface area contributed by atoms with E-state index in [2.05, 4.69) is 16.9 Å². The van der Waals surface area contributed by atoms with Gasteiger partial charge in [-0.3, -0.25) is 9.59 Å². The number of nitrogens with one attached hydrogen (secondary N) is 2. The number of nitrogens with two attached hydrogens (primary N) is 1. The van der Waals surface area contributed by atoms with Crippen molar-refractivity contribution in [3.8, 4) is 0 Å². The fraction of sp³-hybridized carbons (Fsp3) is 0.467. The molecule has 1 fully saturated rings. The summed E-state index contributed by atoms with van der Waals surface area (Å²) in [6.07, 6.45) is 5.59. The van der Waals surface area contributed by atoms with Crippen LogP contribution in [0.5, 0.6) is 0 Å². The van der Waals surface area contributed by atoms with Crippen LogP contribution < -0.4 is 16.4 Å². The van der Waals surface area contributed by atoms with Crippen molar-refractivity contribution in [3.63, 3.8) is 0 Å². The third-order valence-electron chi connectivity index (χ3n) is 3.89. The maximum absolute atomic E-state index is 11.8. The van der Waals surface area contributed by atoms with Crippen molar-refractivity contribution in [3.05, 3.63) is 29.8 Å². The van der Waals surface area contributed by atoms with E-state index in [1.165, 1.54) is 6.42 Å². The molecule has 1 aliphatic rings. The van der Waals surface area contributed by atoms with Crippen molar-refractivity contribution in [1.82, 2.24) is 10.6 Å². The Balaban J connectivity index is 1.73. The van der Waals surface area contributed by atoms with E-state index < -0.39 is 0 Å². The molecule has 1 aromatic rings. The number of hydrogen-bond donors (Lipinski definition) is 3. The molecule has 0 unspecified atom stereocenters. The minimum Gasteiger partial charge on any atom is -0.399 e. The van der Waals surface area contributed by atoms with Crippen molar-refractivity contribution in [2.24, 2.45) is 0 Å². The topological polar surface area (TPSA) is 84.2 Å². The zero-order chi connectivity index (χ0) is 15.3. The SMILES string of the molecule is CSC1(CNC(=O)CNC(=O)c2ccc(N)cc2)CCC1. The third-order valence-corrected chi connectivity index (χ3v) is 5.31. The summed E-state index contributed by atoms with van der Waals surface area (Å²) in [5.74, 6) is -0.424. The molecule has 0 radical (unpaired) electrons. The molecule has 0 atom stereocenters. The molecule has 114 valence electrons. The van der Waals surface area contributed by atoms with Crippen LogP contribution in [0.25, 0.3) is 0 Å². The van der Waals surface area contributed by atoms with Gasteiger partial charge in [-0.05, 0) is 43.4 Å². The quantitative estimate of drug-likeness (QED) is 0.694. The number of carbonyl (C=O) groups is 2. The van der Waals surface area contributed by atoms with E-state index in [0.717, 1.165) is 12.8 Å². The van der Waals surface area contributed by atoms with Gasteiger partial charge in [-0.15, -0.1) is 0 Å². The van der Waals surface area contributed by atoms with Crippen LogP contribution in [0.4, 0.5) is 5.69 Å². The van der Waals surface area contributed by atoms with Gasteiger partial charge in [-0.1, -0.05) is 6.42 Å². The molecule has 4 N–H and O–H groups in total. The Labute approximate surface area is 129 Å². The first-order chi connectivity index (χ1) is 10.0. The Morgan fingerprint density at radius 1 is 1.24 bits per heavy atom. The average molecular weight is 307 g/mol. The predicted octanol–water partition coefficient (Wildman–Crippen LogP) is 1.40. The summed E-state index contributed by atoms with van der Waals surface area (Å²) in [4.78, 5) is 23.6. The molecule has 5 nitrogen and oxygen atoms in total. The summed E-state index contributed by atoms with van der Waals surface area (Å²) < 4.78 is 0.205. The van der Waals surface area contributed by atoms with Crippen molar-refractivity contribution >= 4 is 29.3 Å². The number of anilines is 1. The van der Waals surface area contributed by atoms with Crippen LogP contribution in [0, 0.1) is 0 Å². The van der Waals surface area contributed by atoms with E-state index in [9.17, 15) is 9.59 Å². The summed E-state index contributed by atoms with van der Waals surface area (Å²) >= 11 is 1.81. The highest BCUT2D eigenvalue weighted by Gasteiger charge is 2.36. The summed E-state index contributed by atoms with van der Waals surface area (Å²) in [5, 5.41) is 5.51. The van der Waals surface area contributed by atoms with E-state index in [-0.39, 0.29) is 23.1 Å². The Morgan fingerprint density at radius 2 is 1.90 bits per heavy atom. The van der Waals surface area contributed by atoms with E-state index in [1.807, 2.05) is 11.8 Å². The highest BCUT2D eigenvalue weighted by atomic mass is 32.2. The van der Waals surface area contributed by atoms with E-state index in [1.54, 1.807) is 24.3 Å². The first kappa shape index (κ1) is 15.7. The molecule has 2 amide bonds. The van der Waals surface area contributed by atoms with Gasteiger partial charge in [-0.2, -0.15) is 11.8 Å². The lowest BCUT2D eigenvalue weighted by atomic mass is 9.84. The number of benzene rings is 1. The maximum atomic E-state index is 11.8. The second-order valence-corrected chi connectivity index (χ2v) is 6.60. The smallest absolute Gasteiger partial charge is 0.251 e. The summed E-state index contributed by atoms with van der Waals surface area (Å²) in [7, 11) is 0. The van der Waals surface area contributed by atoms with Crippen molar-refractivity contribution in [2.75, 3.05) is 25.1 Å². The van der Waals surface area contributed by atoms with Crippen LogP contribution in [-0.2, 0) is 4.79 Å². The van der Waals surface area contributed by atoms with Crippen LogP contribution in [0.2, 0.25) is 0 Å². The summed E-state index contributed by atoms with van der Waals surface area (Å²) in [6, 6.07) is 6.60. The molecular weight excluding hydrogens is 286 g/mol. The zero-order valence-corrected chi connectivity index (χ0v) is 13.0. The molecule has 1 saturated carbocycles. The zero-order valence-electron chi connectivity index (χ0n) is 12.1. The summed E-state index contributed by atoms with van der Waals surface area (Å²) in [6.45, 7) is 0.665. The minimum absolute atomic E-state index is 0.00628. The fourth-order valence-corrected chi connectivity index (χ4v) is 3.16. The van der Waals surface area contributed by atoms with Crippen molar-refractivity contribution < 1.29 is 9.59 Å². The first-order valence-electron chi connectivity index (χ1n) is 7.00. The van der Waals surface area contributed by atoms with Gasteiger partial charge in [0, 0.05) is 22.5 Å². The highest BCUT2D eigenvalue weighted by molar-refractivity contribution is 8.00. The number of amides is 2. The first-order valence-corrected chi connectivity index (χ1v) is 8.23. The molecule has 2 rings (SSSR count). The lowest BCUT2D eigenvalue weighted by Crippen LogP contribution is -2.47. The van der Waals surface area contributed by atoms with Crippen LogP contribution in [0.3, 0.4) is 0 Å². The molecule has 0 saturated heterocycles. The number of rotatable bonds is 6. The van der Waals surface area contributed by atoms with Crippen LogP contribution in [0.15, 0.2) is 24.3 Å². The molecule has 0 aromatic heterocycles. The molecule has 0 aliphatic heterocycles. The number of nitrogen functional groups attached to an aromatic ring is 1. The molecular formula is C15H21N3O2S. The Bertz CT molecular complexity index is 507. The van der Waals surface area contributed by atoms with Gasteiger partial charge in [0.25, 0.3) is 5.91 Å². The fourth-order valence-electron chi connectivity index (χ4n) is 2.24. The number of thioether (sulfide) groups is 1. The van der Waals surface area contributed by atoms with E-state index >= 15 is 0 Å². The van der Waals surface area contributed by atoms with Crippen molar-refractivity contribution in [1.29, 1.82) is 0 Å². The van der Waals surface area contributed by atoms with Gasteiger partial charge >= 0.3 is 0 Å². The largest absolute Gasteiger partial charge is 0.399 e. The average Bonchev–Trinajstić information content (AvgIpc) is 2.45. The molecule has 0 heterocycles. The maximum Gasteiger partial charge on any atom is 0.251 e.